The first-order chi connectivity index (χ1) is 7.63. The Balaban J connectivity index is 3.12. The molecule has 88 valence electrons. The van der Waals surface area contributed by atoms with E-state index in [0.717, 1.165) is 17.7 Å². The molecule has 0 saturated carbocycles. The first-order valence-electron chi connectivity index (χ1n) is 5.13. The molecule has 16 heavy (non-hydrogen) atoms. The lowest BCUT2D eigenvalue weighted by atomic mass is 10.1. The maximum atomic E-state index is 11.5. The van der Waals surface area contributed by atoms with Gasteiger partial charge in [-0.15, -0.1) is 11.6 Å². The fourth-order valence-corrected chi connectivity index (χ4v) is 1.62. The minimum Gasteiger partial charge on any atom is -0.495 e. The molecule has 0 N–H and O–H groups in total. The number of rotatable bonds is 4. The summed E-state index contributed by atoms with van der Waals surface area (Å²) in [6, 6.07) is 5.80. The van der Waals surface area contributed by atoms with Crippen molar-refractivity contribution in [3.63, 3.8) is 0 Å². The topological polar surface area (TPSA) is 29.5 Å². The highest BCUT2D eigenvalue weighted by Gasteiger charge is 2.14. The third kappa shape index (κ3) is 2.67. The summed E-state index contributed by atoms with van der Waals surface area (Å²) in [4.78, 5) is 13.0. The van der Waals surface area contributed by atoms with Gasteiger partial charge in [-0.05, 0) is 24.1 Å². The number of carbonyl (C=O) groups is 1. The molecule has 0 unspecified atom stereocenters. The number of hydrogen-bond acceptors (Lipinski definition) is 2. The van der Waals surface area contributed by atoms with E-state index < -0.39 is 0 Å². The van der Waals surface area contributed by atoms with E-state index in [0.29, 0.717) is 5.75 Å². The van der Waals surface area contributed by atoms with E-state index >= 15 is 0 Å². The number of aryl methyl sites for hydroxylation is 1. The maximum absolute atomic E-state index is 11.5. The lowest BCUT2D eigenvalue weighted by Crippen LogP contribution is -2.27. The number of ether oxygens (including phenoxy) is 1. The molecule has 0 bridgehead atoms. The van der Waals surface area contributed by atoms with Crippen LogP contribution in [0.4, 0.5) is 5.69 Å². The highest BCUT2D eigenvalue weighted by molar-refractivity contribution is 6.29. The number of alkyl halides is 1. The Labute approximate surface area is 101 Å². The van der Waals surface area contributed by atoms with Crippen LogP contribution >= 0.6 is 11.6 Å². The van der Waals surface area contributed by atoms with Crippen molar-refractivity contribution in [2.24, 2.45) is 0 Å². The van der Waals surface area contributed by atoms with E-state index in [-0.39, 0.29) is 11.8 Å². The molecule has 0 saturated heterocycles. The molecule has 0 aliphatic rings. The Morgan fingerprint density at radius 3 is 2.69 bits per heavy atom. The summed E-state index contributed by atoms with van der Waals surface area (Å²) in [7, 11) is 3.28. The van der Waals surface area contributed by atoms with Crippen molar-refractivity contribution in [2.75, 3.05) is 24.9 Å². The van der Waals surface area contributed by atoms with Crippen molar-refractivity contribution in [3.8, 4) is 5.75 Å². The Bertz CT molecular complexity index is 379. The molecule has 1 rings (SSSR count). The highest BCUT2D eigenvalue weighted by Crippen LogP contribution is 2.28. The van der Waals surface area contributed by atoms with Gasteiger partial charge >= 0.3 is 0 Å². The minimum absolute atomic E-state index is 0.0317. The number of amides is 1. The normalized spacial score (nSPS) is 10.0. The minimum atomic E-state index is -0.145. The summed E-state index contributed by atoms with van der Waals surface area (Å²) in [6.07, 6.45) is 0.917. The molecule has 3 nitrogen and oxygen atoms in total. The molecule has 1 amide bonds. The summed E-state index contributed by atoms with van der Waals surface area (Å²) >= 11 is 5.53. The average Bonchev–Trinajstić information content (AvgIpc) is 2.35. The number of halogens is 1. The number of hydrogen-bond donors (Lipinski definition) is 0. The summed E-state index contributed by atoms with van der Waals surface area (Å²) in [5.74, 6) is 0.502. The second kappa shape index (κ2) is 5.75. The molecule has 1 aromatic carbocycles. The lowest BCUT2D eigenvalue weighted by molar-refractivity contribution is -0.116. The molecule has 0 fully saturated rings. The maximum Gasteiger partial charge on any atom is 0.241 e. The van der Waals surface area contributed by atoms with Crippen molar-refractivity contribution >= 4 is 23.2 Å². The van der Waals surface area contributed by atoms with Crippen molar-refractivity contribution in [1.82, 2.24) is 0 Å². The van der Waals surface area contributed by atoms with Crippen molar-refractivity contribution < 1.29 is 9.53 Å². The van der Waals surface area contributed by atoms with Crippen LogP contribution in [0, 0.1) is 0 Å². The molecule has 0 spiro atoms. The van der Waals surface area contributed by atoms with E-state index in [4.69, 9.17) is 16.3 Å². The Morgan fingerprint density at radius 1 is 1.50 bits per heavy atom. The molecule has 4 heteroatoms. The van der Waals surface area contributed by atoms with Crippen LogP contribution in [0.25, 0.3) is 0 Å². The molecular weight excluding hydrogens is 226 g/mol. The SMILES string of the molecule is CCc1ccc(OC)c(N(C)C(=O)CCl)c1. The molecule has 0 radical (unpaired) electrons. The number of methoxy groups -OCH3 is 1. The van der Waals surface area contributed by atoms with Gasteiger partial charge in [-0.3, -0.25) is 4.79 Å². The second-order valence-corrected chi connectivity index (χ2v) is 3.71. The Morgan fingerprint density at radius 2 is 2.19 bits per heavy atom. The van der Waals surface area contributed by atoms with Gasteiger partial charge in [0, 0.05) is 7.05 Å². The van der Waals surface area contributed by atoms with Crippen molar-refractivity contribution in [3.05, 3.63) is 23.8 Å². The fraction of sp³-hybridized carbons (Fsp3) is 0.417. The largest absolute Gasteiger partial charge is 0.495 e. The Kier molecular flexibility index (Phi) is 4.62. The van der Waals surface area contributed by atoms with Crippen molar-refractivity contribution in [1.29, 1.82) is 0 Å². The van der Waals surface area contributed by atoms with E-state index in [1.54, 1.807) is 14.2 Å². The zero-order valence-corrected chi connectivity index (χ0v) is 10.5. The second-order valence-electron chi connectivity index (χ2n) is 3.45. The van der Waals surface area contributed by atoms with Crippen LogP contribution in [0.15, 0.2) is 18.2 Å². The Hall–Kier alpha value is -1.22. The third-order valence-electron chi connectivity index (χ3n) is 2.50. The summed E-state index contributed by atoms with van der Waals surface area (Å²) in [5.41, 5.74) is 1.91. The molecule has 0 heterocycles. The van der Waals surface area contributed by atoms with E-state index in [2.05, 4.69) is 6.92 Å². The van der Waals surface area contributed by atoms with Gasteiger partial charge < -0.3 is 9.64 Å². The number of benzene rings is 1. The third-order valence-corrected chi connectivity index (χ3v) is 2.73. The van der Waals surface area contributed by atoms with E-state index in [1.807, 2.05) is 18.2 Å². The zero-order chi connectivity index (χ0) is 12.1. The zero-order valence-electron chi connectivity index (χ0n) is 9.79. The van der Waals surface area contributed by atoms with Gasteiger partial charge in [-0.1, -0.05) is 13.0 Å². The van der Waals surface area contributed by atoms with Crippen LogP contribution in [-0.4, -0.2) is 25.9 Å². The molecule has 0 aromatic heterocycles. The van der Waals surface area contributed by atoms with E-state index in [1.165, 1.54) is 4.90 Å². The smallest absolute Gasteiger partial charge is 0.241 e. The van der Waals surface area contributed by atoms with Crippen LogP contribution < -0.4 is 9.64 Å². The first-order valence-corrected chi connectivity index (χ1v) is 5.66. The predicted molar refractivity (Wildman–Crippen MR) is 66.5 cm³/mol. The van der Waals surface area contributed by atoms with Crippen LogP contribution in [0.3, 0.4) is 0 Å². The fourth-order valence-electron chi connectivity index (χ4n) is 1.44. The van der Waals surface area contributed by atoms with Gasteiger partial charge in [0.25, 0.3) is 0 Å². The molecule has 0 atom stereocenters. The number of carbonyl (C=O) groups excluding carboxylic acids is 1. The molecule has 0 aliphatic carbocycles. The van der Waals surface area contributed by atoms with Gasteiger partial charge in [0.2, 0.25) is 5.91 Å². The van der Waals surface area contributed by atoms with Crippen molar-refractivity contribution in [2.45, 2.75) is 13.3 Å². The first kappa shape index (κ1) is 12.8. The van der Waals surface area contributed by atoms with Crippen LogP contribution in [0.2, 0.25) is 0 Å². The standard InChI is InChI=1S/C12H16ClNO2/c1-4-9-5-6-11(16-3)10(7-9)14(2)12(15)8-13/h5-7H,4,8H2,1-3H3. The summed E-state index contributed by atoms with van der Waals surface area (Å²) in [6.45, 7) is 2.06. The predicted octanol–water partition coefficient (Wildman–Crippen LogP) is 2.46. The molecule has 1 aromatic rings. The van der Waals surface area contributed by atoms with Gasteiger partial charge in [0.1, 0.15) is 11.6 Å². The molecule has 0 aliphatic heterocycles. The van der Waals surface area contributed by atoms with Gasteiger partial charge in [-0.25, -0.2) is 0 Å². The van der Waals surface area contributed by atoms with Crippen LogP contribution in [0.5, 0.6) is 5.75 Å². The number of nitrogens with zero attached hydrogens (tertiary/aromatic N) is 1. The summed E-state index contributed by atoms with van der Waals surface area (Å²) < 4.78 is 5.22. The average molecular weight is 242 g/mol. The van der Waals surface area contributed by atoms with Gasteiger partial charge in [0.15, 0.2) is 0 Å². The van der Waals surface area contributed by atoms with Crippen LogP contribution in [0.1, 0.15) is 12.5 Å². The molecular formula is C12H16ClNO2. The van der Waals surface area contributed by atoms with Gasteiger partial charge in [-0.2, -0.15) is 0 Å². The monoisotopic (exact) mass is 241 g/mol. The highest BCUT2D eigenvalue weighted by atomic mass is 35.5. The van der Waals surface area contributed by atoms with Gasteiger partial charge in [0.05, 0.1) is 12.8 Å². The quantitative estimate of drug-likeness (QED) is 0.758. The lowest BCUT2D eigenvalue weighted by Gasteiger charge is -2.19. The summed E-state index contributed by atoms with van der Waals surface area (Å²) in [5, 5.41) is 0. The van der Waals surface area contributed by atoms with Crippen LogP contribution in [-0.2, 0) is 11.2 Å². The van der Waals surface area contributed by atoms with E-state index in [9.17, 15) is 4.79 Å². The number of anilines is 1.